The van der Waals surface area contributed by atoms with Crippen LogP contribution in [0.1, 0.15) is 30.0 Å². The van der Waals surface area contributed by atoms with E-state index in [0.29, 0.717) is 5.56 Å². The number of aryl methyl sites for hydroxylation is 1. The van der Waals surface area contributed by atoms with Gasteiger partial charge >= 0.3 is 0 Å². The lowest BCUT2D eigenvalue weighted by atomic mass is 10.0. The molecule has 1 aromatic rings. The van der Waals surface area contributed by atoms with E-state index in [1.807, 2.05) is 12.1 Å². The Morgan fingerprint density at radius 1 is 1.57 bits per heavy atom. The SMILES string of the molecule is C=CCC[C@H](N)c1ccc(F)c(C)c1. The monoisotopic (exact) mass is 193 g/mol. The first-order valence-corrected chi connectivity index (χ1v) is 4.77. The molecule has 0 aliphatic carbocycles. The number of halogens is 1. The number of nitrogens with two attached hydrogens (primary N) is 1. The lowest BCUT2D eigenvalue weighted by Crippen LogP contribution is -2.10. The molecule has 14 heavy (non-hydrogen) atoms. The second kappa shape index (κ2) is 4.91. The van der Waals surface area contributed by atoms with E-state index in [0.717, 1.165) is 18.4 Å². The van der Waals surface area contributed by atoms with E-state index in [2.05, 4.69) is 6.58 Å². The van der Waals surface area contributed by atoms with Crippen LogP contribution in [0.25, 0.3) is 0 Å². The summed E-state index contributed by atoms with van der Waals surface area (Å²) < 4.78 is 13.0. The molecule has 0 fully saturated rings. The van der Waals surface area contributed by atoms with Gasteiger partial charge in [-0.05, 0) is 37.0 Å². The normalized spacial score (nSPS) is 12.5. The van der Waals surface area contributed by atoms with Gasteiger partial charge in [0.15, 0.2) is 0 Å². The Morgan fingerprint density at radius 2 is 2.29 bits per heavy atom. The number of benzene rings is 1. The molecule has 2 N–H and O–H groups in total. The van der Waals surface area contributed by atoms with Gasteiger partial charge in [0.25, 0.3) is 0 Å². The average Bonchev–Trinajstić information content (AvgIpc) is 2.18. The van der Waals surface area contributed by atoms with Gasteiger partial charge in [0, 0.05) is 6.04 Å². The molecule has 0 amide bonds. The zero-order valence-corrected chi connectivity index (χ0v) is 8.46. The van der Waals surface area contributed by atoms with Crippen molar-refractivity contribution in [3.8, 4) is 0 Å². The third-order valence-corrected chi connectivity index (χ3v) is 2.29. The molecule has 0 radical (unpaired) electrons. The zero-order valence-electron chi connectivity index (χ0n) is 8.46. The number of rotatable bonds is 4. The van der Waals surface area contributed by atoms with Crippen LogP contribution in [0.3, 0.4) is 0 Å². The van der Waals surface area contributed by atoms with Gasteiger partial charge in [0.1, 0.15) is 5.82 Å². The maximum atomic E-state index is 13.0. The van der Waals surface area contributed by atoms with E-state index in [1.54, 1.807) is 13.0 Å². The van der Waals surface area contributed by atoms with Crippen molar-refractivity contribution in [3.05, 3.63) is 47.8 Å². The van der Waals surface area contributed by atoms with Crippen molar-refractivity contribution < 1.29 is 4.39 Å². The van der Waals surface area contributed by atoms with Crippen LogP contribution in [0.4, 0.5) is 4.39 Å². The molecule has 0 unspecified atom stereocenters. The number of hydrogen-bond acceptors (Lipinski definition) is 1. The van der Waals surface area contributed by atoms with Crippen LogP contribution >= 0.6 is 0 Å². The minimum atomic E-state index is -0.176. The van der Waals surface area contributed by atoms with Crippen molar-refractivity contribution in [1.82, 2.24) is 0 Å². The highest BCUT2D eigenvalue weighted by Gasteiger charge is 2.06. The van der Waals surface area contributed by atoms with Crippen LogP contribution in [0.15, 0.2) is 30.9 Å². The fraction of sp³-hybridized carbons (Fsp3) is 0.333. The molecule has 0 bridgehead atoms. The summed E-state index contributed by atoms with van der Waals surface area (Å²) in [5.41, 5.74) is 7.57. The maximum Gasteiger partial charge on any atom is 0.126 e. The highest BCUT2D eigenvalue weighted by Crippen LogP contribution is 2.18. The number of hydrogen-bond donors (Lipinski definition) is 1. The summed E-state index contributed by atoms with van der Waals surface area (Å²) in [6.45, 7) is 5.39. The van der Waals surface area contributed by atoms with Gasteiger partial charge in [0.2, 0.25) is 0 Å². The predicted octanol–water partition coefficient (Wildman–Crippen LogP) is 3.10. The Morgan fingerprint density at radius 3 is 2.86 bits per heavy atom. The van der Waals surface area contributed by atoms with E-state index in [-0.39, 0.29) is 11.9 Å². The van der Waals surface area contributed by atoms with Crippen molar-refractivity contribution in [2.24, 2.45) is 5.73 Å². The second-order valence-corrected chi connectivity index (χ2v) is 3.48. The van der Waals surface area contributed by atoms with Crippen LogP contribution < -0.4 is 5.73 Å². The third kappa shape index (κ3) is 2.67. The Balaban J connectivity index is 2.75. The minimum Gasteiger partial charge on any atom is -0.324 e. The lowest BCUT2D eigenvalue weighted by molar-refractivity contribution is 0.611. The Hall–Kier alpha value is -1.15. The number of allylic oxidation sites excluding steroid dienone is 1. The molecule has 0 saturated heterocycles. The highest BCUT2D eigenvalue weighted by atomic mass is 19.1. The molecule has 0 saturated carbocycles. The summed E-state index contributed by atoms with van der Waals surface area (Å²) in [7, 11) is 0. The molecule has 76 valence electrons. The van der Waals surface area contributed by atoms with Crippen LogP contribution in [0, 0.1) is 12.7 Å². The van der Waals surface area contributed by atoms with Gasteiger partial charge in [-0.3, -0.25) is 0 Å². The first kappa shape index (κ1) is 10.9. The third-order valence-electron chi connectivity index (χ3n) is 2.29. The molecule has 2 heteroatoms. The molecular formula is C12H16FN. The van der Waals surface area contributed by atoms with Crippen molar-refractivity contribution in [3.63, 3.8) is 0 Å². The van der Waals surface area contributed by atoms with E-state index in [4.69, 9.17) is 5.73 Å². The van der Waals surface area contributed by atoms with Crippen molar-refractivity contribution in [2.45, 2.75) is 25.8 Å². The van der Waals surface area contributed by atoms with Gasteiger partial charge in [0.05, 0.1) is 0 Å². The Kier molecular flexibility index (Phi) is 3.84. The molecule has 1 aromatic carbocycles. The average molecular weight is 193 g/mol. The van der Waals surface area contributed by atoms with Gasteiger partial charge in [-0.15, -0.1) is 6.58 Å². The van der Waals surface area contributed by atoms with Gasteiger partial charge in [-0.25, -0.2) is 4.39 Å². The predicted molar refractivity (Wildman–Crippen MR) is 57.5 cm³/mol. The first-order valence-electron chi connectivity index (χ1n) is 4.77. The molecule has 0 spiro atoms. The summed E-state index contributed by atoms with van der Waals surface area (Å²) in [6.07, 6.45) is 3.59. The fourth-order valence-corrected chi connectivity index (χ4v) is 1.36. The molecule has 1 nitrogen and oxygen atoms in total. The van der Waals surface area contributed by atoms with E-state index < -0.39 is 0 Å². The summed E-state index contributed by atoms with van der Waals surface area (Å²) in [5, 5.41) is 0. The van der Waals surface area contributed by atoms with E-state index in [9.17, 15) is 4.39 Å². The van der Waals surface area contributed by atoms with Gasteiger partial charge in [-0.1, -0.05) is 18.2 Å². The van der Waals surface area contributed by atoms with Crippen LogP contribution in [-0.4, -0.2) is 0 Å². The van der Waals surface area contributed by atoms with E-state index in [1.165, 1.54) is 6.07 Å². The molecule has 0 aromatic heterocycles. The highest BCUT2D eigenvalue weighted by molar-refractivity contribution is 5.26. The molecule has 0 aliphatic rings. The Labute approximate surface area is 84.4 Å². The quantitative estimate of drug-likeness (QED) is 0.730. The van der Waals surface area contributed by atoms with E-state index >= 15 is 0 Å². The largest absolute Gasteiger partial charge is 0.324 e. The summed E-state index contributed by atoms with van der Waals surface area (Å²) in [5.74, 6) is -0.176. The smallest absolute Gasteiger partial charge is 0.126 e. The maximum absolute atomic E-state index is 13.0. The zero-order chi connectivity index (χ0) is 10.6. The summed E-state index contributed by atoms with van der Waals surface area (Å²) in [6, 6.07) is 5.00. The summed E-state index contributed by atoms with van der Waals surface area (Å²) in [4.78, 5) is 0. The Bertz CT molecular complexity index is 320. The standard InChI is InChI=1S/C12H16FN/c1-3-4-5-12(14)10-6-7-11(13)9(2)8-10/h3,6-8,12H,1,4-5,14H2,2H3/t12-/m0/s1. The first-order chi connectivity index (χ1) is 6.65. The molecule has 1 atom stereocenters. The minimum absolute atomic E-state index is 0.0210. The molecular weight excluding hydrogens is 177 g/mol. The van der Waals surface area contributed by atoms with Crippen molar-refractivity contribution >= 4 is 0 Å². The van der Waals surface area contributed by atoms with Gasteiger partial charge < -0.3 is 5.73 Å². The van der Waals surface area contributed by atoms with Gasteiger partial charge in [-0.2, -0.15) is 0 Å². The lowest BCUT2D eigenvalue weighted by Gasteiger charge is -2.11. The second-order valence-electron chi connectivity index (χ2n) is 3.48. The van der Waals surface area contributed by atoms with Crippen LogP contribution in [0.2, 0.25) is 0 Å². The van der Waals surface area contributed by atoms with Crippen molar-refractivity contribution in [2.75, 3.05) is 0 Å². The molecule has 1 rings (SSSR count). The fourth-order valence-electron chi connectivity index (χ4n) is 1.36. The topological polar surface area (TPSA) is 26.0 Å². The summed E-state index contributed by atoms with van der Waals surface area (Å²) >= 11 is 0. The molecule has 0 aliphatic heterocycles. The van der Waals surface area contributed by atoms with Crippen LogP contribution in [-0.2, 0) is 0 Å². The van der Waals surface area contributed by atoms with Crippen molar-refractivity contribution in [1.29, 1.82) is 0 Å². The van der Waals surface area contributed by atoms with Crippen LogP contribution in [0.5, 0.6) is 0 Å². The molecule has 0 heterocycles.